The Morgan fingerprint density at radius 2 is 1.18 bits per heavy atom. The van der Waals surface area contributed by atoms with Gasteiger partial charge in [-0.3, -0.25) is 24.7 Å². The Bertz CT molecular complexity index is 5010. The number of aliphatic hydroxyl groups is 2. The summed E-state index contributed by atoms with van der Waals surface area (Å²) in [6.45, 7) is 18.8. The number of nitrogens with zero attached hydrogens (tertiary/aromatic N) is 8. The number of Topliss-reactive ketones (excluding diaryl/α,β-unsaturated/α-hetero) is 2. The number of carbonyl (C=O) groups excluding carboxylic acids is 3. The minimum atomic E-state index is -1.97. The van der Waals surface area contributed by atoms with Crippen LogP contribution in [0.1, 0.15) is 117 Å². The quantitative estimate of drug-likeness (QED) is 0.0234. The molecule has 0 radical (unpaired) electrons. The van der Waals surface area contributed by atoms with Crippen molar-refractivity contribution < 1.29 is 60.7 Å². The van der Waals surface area contributed by atoms with Gasteiger partial charge in [-0.1, -0.05) is 75.0 Å². The normalized spacial score (nSPS) is 12.3. The van der Waals surface area contributed by atoms with E-state index in [9.17, 15) is 14.4 Å². The summed E-state index contributed by atoms with van der Waals surface area (Å²) in [5, 5.41) is 35.3. The first-order chi connectivity index (χ1) is 51.1. The molecule has 107 heavy (non-hydrogen) atoms. The first-order valence-corrected chi connectivity index (χ1v) is 35.7. The number of pyridine rings is 2. The van der Waals surface area contributed by atoms with Crippen molar-refractivity contribution in [3.63, 3.8) is 0 Å². The van der Waals surface area contributed by atoms with Gasteiger partial charge in [0.05, 0.1) is 69.8 Å². The molecule has 6 N–H and O–H groups in total. The molecule has 1 unspecified atom stereocenters. The summed E-state index contributed by atoms with van der Waals surface area (Å²) in [4.78, 5) is 61.8. The zero-order valence-corrected chi connectivity index (χ0v) is 63.1. The number of carbonyl (C=O) groups is 3. The van der Waals surface area contributed by atoms with Crippen molar-refractivity contribution in [2.45, 2.75) is 113 Å². The number of hydrogen-bond acceptors (Lipinski definition) is 20. The van der Waals surface area contributed by atoms with Crippen LogP contribution in [0.15, 0.2) is 171 Å². The van der Waals surface area contributed by atoms with Gasteiger partial charge in [0.25, 0.3) is 0 Å². The zero-order chi connectivity index (χ0) is 76.0. The first-order valence-electron chi connectivity index (χ1n) is 34.3. The predicted molar refractivity (Wildman–Crippen MR) is 412 cm³/mol. The van der Waals surface area contributed by atoms with Crippen LogP contribution < -0.4 is 24.3 Å². The number of rotatable bonds is 20. The van der Waals surface area contributed by atoms with Crippen LogP contribution in [0.25, 0.3) is 89.6 Å². The Balaban J connectivity index is 0.000000204. The third kappa shape index (κ3) is 21.1. The molecule has 0 bridgehead atoms. The molecule has 1 atom stereocenters. The van der Waals surface area contributed by atoms with Crippen LogP contribution in [-0.4, -0.2) is 158 Å². The fraction of sp³-hybridized carbons (Fsp3) is 0.296. The van der Waals surface area contributed by atoms with E-state index >= 15 is 0 Å². The van der Waals surface area contributed by atoms with E-state index in [-0.39, 0.29) is 31.1 Å². The molecule has 25 nitrogen and oxygen atoms in total. The molecule has 1 amide bonds. The number of aromatic amines is 3. The Hall–Kier alpha value is -11.3. The van der Waals surface area contributed by atoms with Gasteiger partial charge in [-0.25, -0.2) is 19.4 Å². The van der Waals surface area contributed by atoms with E-state index in [1.807, 2.05) is 124 Å². The van der Waals surface area contributed by atoms with E-state index in [2.05, 4.69) is 97.6 Å². The van der Waals surface area contributed by atoms with Crippen LogP contribution in [0.3, 0.4) is 0 Å². The fourth-order valence-electron chi connectivity index (χ4n) is 11.7. The third-order valence-electron chi connectivity index (χ3n) is 17.3. The van der Waals surface area contributed by atoms with Crippen molar-refractivity contribution in [3.05, 3.63) is 204 Å². The number of imidazole rings is 2. The Kier molecular flexibility index (Phi) is 29.4. The number of ketones is 2. The molecule has 7 heterocycles. The average molecular weight is 1520 g/mol. The summed E-state index contributed by atoms with van der Waals surface area (Å²) in [5.74, 6) is 3.52. The first kappa shape index (κ1) is 81.4. The third-order valence-corrected chi connectivity index (χ3v) is 17.3. The van der Waals surface area contributed by atoms with Gasteiger partial charge in [0.15, 0.2) is 23.7 Å². The van der Waals surface area contributed by atoms with Crippen LogP contribution in [0.4, 0.5) is 4.79 Å². The molecule has 1 aliphatic heterocycles. The molecule has 1 aliphatic rings. The molecule has 0 spiro atoms. The number of nitrogens with one attached hydrogen (secondary N) is 4. The minimum absolute atomic E-state index is 0. The summed E-state index contributed by atoms with van der Waals surface area (Å²) in [6.07, 6.45) is 11.8. The summed E-state index contributed by atoms with van der Waals surface area (Å²) in [6, 6.07) is 41.8. The monoisotopic (exact) mass is 1520 g/mol. The number of ether oxygens (including phenoxy) is 6. The molecular weight excluding hydrogens is 1430 g/mol. The standard InChI is InChI=1S/C36H42N6O4.C26H26N6O.C9H10O4.C9H10O2.CH4.O2Se/c1-7-41(35(43)46-36(3,4)5)22-26-19-37-20-29(23(26)2)24-14-15-31-28(18-24)33(40-42(31)32-13-8-9-16-45-32)34-38-21-30(39-34)25-11-10-12-27(17-25)44-6;1-4-27-12-19-13-28-14-22(16(19)2)17-8-9-23-21(11-17)25(32-31-23)26-29-15-24(30-26)18-6-5-7-20(10-18)33-3;1-13-7-4-2-3-6(5-7)8(10)9(11)12;1-7(10)8-4-3-5-9(6-8)11-2;;1-3-2/h10-12,14-15,17-21,32H,7-9,13,16,22H2,1-6H3,(H,38,39);5-11,13-15,27H,4,12H2,1-3H3,(H,29,30)(H,31,32);2-5,9,11-12H,1H3;3-6H,1-2H3;1H4;. The van der Waals surface area contributed by atoms with E-state index in [0.29, 0.717) is 36.1 Å². The van der Waals surface area contributed by atoms with Gasteiger partial charge in [0, 0.05) is 88.6 Å². The van der Waals surface area contributed by atoms with Gasteiger partial charge < -0.3 is 58.8 Å². The van der Waals surface area contributed by atoms with Gasteiger partial charge in [-0.15, -0.1) is 0 Å². The van der Waals surface area contributed by atoms with Crippen molar-refractivity contribution in [2.75, 3.05) is 48.1 Å². The van der Waals surface area contributed by atoms with Crippen LogP contribution in [0.2, 0.25) is 0 Å². The van der Waals surface area contributed by atoms with Crippen molar-refractivity contribution >= 4 is 54.3 Å². The molecular formula is C81H92N12O13Se. The average Bonchev–Trinajstić information content (AvgIpc) is 1.59. The summed E-state index contributed by atoms with van der Waals surface area (Å²) in [5.41, 5.74) is 16.3. The second kappa shape index (κ2) is 38.7. The van der Waals surface area contributed by atoms with Gasteiger partial charge >= 0.3 is 28.6 Å². The molecule has 0 aliphatic carbocycles. The fourth-order valence-corrected chi connectivity index (χ4v) is 11.7. The second-order valence-corrected chi connectivity index (χ2v) is 25.8. The van der Waals surface area contributed by atoms with Crippen LogP contribution in [-0.2, 0) is 30.2 Å². The van der Waals surface area contributed by atoms with Gasteiger partial charge in [0.1, 0.15) is 40.0 Å². The van der Waals surface area contributed by atoms with Crippen LogP contribution >= 0.6 is 0 Å². The Labute approximate surface area is 628 Å². The van der Waals surface area contributed by atoms with Gasteiger partial charge in [-0.2, -0.15) is 10.2 Å². The molecule has 12 aromatic rings. The molecule has 26 heteroatoms. The Morgan fingerprint density at radius 1 is 0.654 bits per heavy atom. The number of amides is 1. The zero-order valence-electron chi connectivity index (χ0n) is 61.3. The summed E-state index contributed by atoms with van der Waals surface area (Å²) >= 11 is -1.62. The molecule has 1 saturated heterocycles. The molecule has 6 aromatic heterocycles. The van der Waals surface area contributed by atoms with Crippen molar-refractivity contribution in [2.24, 2.45) is 0 Å². The predicted octanol–water partition coefficient (Wildman–Crippen LogP) is 15.1. The molecule has 1 fully saturated rings. The van der Waals surface area contributed by atoms with E-state index < -0.39 is 32.5 Å². The summed E-state index contributed by atoms with van der Waals surface area (Å²) in [7, 11) is 6.38. The van der Waals surface area contributed by atoms with E-state index in [1.165, 1.54) is 37.3 Å². The number of methoxy groups -OCH3 is 4. The second-order valence-electron chi connectivity index (χ2n) is 25.5. The molecule has 13 rings (SSSR count). The number of fused-ring (bicyclic) bond motifs is 2. The Morgan fingerprint density at radius 3 is 1.71 bits per heavy atom. The molecule has 560 valence electrons. The molecule has 0 saturated carbocycles. The van der Waals surface area contributed by atoms with Crippen molar-refractivity contribution in [1.29, 1.82) is 0 Å². The van der Waals surface area contributed by atoms with E-state index in [1.54, 1.807) is 56.6 Å². The number of H-pyrrole nitrogens is 3. The number of hydrogen-bond donors (Lipinski definition) is 6. The SMILES string of the molecule is C.CCN(Cc1cncc(-c2ccc3c(c2)c(-c2ncc(-c4cccc(OC)c4)[nH]2)nn3C2CCCCO2)c1C)C(=O)OC(C)(C)C.CCNCc1cncc(-c2ccc3[nH]nc(-c4ncc(-c5cccc(OC)c5)[nH]4)c3c2)c1C.COc1cccc(C(=O)C(O)O)c1.COc1cccc(C(C)=O)c1.O=[Se]=O. The van der Waals surface area contributed by atoms with Crippen LogP contribution in [0.5, 0.6) is 23.0 Å². The van der Waals surface area contributed by atoms with Crippen molar-refractivity contribution in [3.8, 4) is 90.8 Å². The van der Waals surface area contributed by atoms with E-state index in [0.717, 1.165) is 145 Å². The van der Waals surface area contributed by atoms with Crippen LogP contribution in [0, 0.1) is 13.8 Å². The number of benzene rings is 6. The van der Waals surface area contributed by atoms with Crippen molar-refractivity contribution in [1.82, 2.24) is 60.1 Å². The van der Waals surface area contributed by atoms with E-state index in [4.69, 9.17) is 56.4 Å². The number of aliphatic hydroxyl groups excluding tert-OH is 1. The topological polar surface area (TPSA) is 326 Å². The maximum absolute atomic E-state index is 12.9. The number of aromatic nitrogens is 10. The van der Waals surface area contributed by atoms with Gasteiger partial charge in [0.2, 0.25) is 12.1 Å². The van der Waals surface area contributed by atoms with Gasteiger partial charge in [-0.05, 0) is 180 Å². The summed E-state index contributed by atoms with van der Waals surface area (Å²) < 4.78 is 51.3. The molecule has 6 aromatic carbocycles. The maximum atomic E-state index is 12.9.